The smallest absolute Gasteiger partial charge is 0.335 e. The zero-order chi connectivity index (χ0) is 8.27. The van der Waals surface area contributed by atoms with Crippen molar-refractivity contribution in [3.8, 4) is 0 Å². The second-order valence-electron chi connectivity index (χ2n) is 1.89. The molecule has 0 spiro atoms. The van der Waals surface area contributed by atoms with Crippen molar-refractivity contribution in [1.82, 2.24) is 4.31 Å². The number of hydrogen-bond donors (Lipinski definition) is 0. The number of nitrogens with zero attached hydrogens (tertiary/aromatic N) is 1. The number of ether oxygens (including phenoxy) is 1. The molecule has 1 aliphatic heterocycles. The highest BCUT2D eigenvalue weighted by atomic mass is 33.5. The molecule has 0 aliphatic carbocycles. The summed E-state index contributed by atoms with van der Waals surface area (Å²) in [6, 6.07) is 0. The van der Waals surface area contributed by atoms with E-state index in [-0.39, 0.29) is 11.3 Å². The van der Waals surface area contributed by atoms with Gasteiger partial charge in [-0.1, -0.05) is 0 Å². The van der Waals surface area contributed by atoms with Crippen LogP contribution in [0.1, 0.15) is 6.92 Å². The van der Waals surface area contributed by atoms with Gasteiger partial charge < -0.3 is 4.74 Å². The normalized spacial score (nSPS) is 25.5. The van der Waals surface area contributed by atoms with Gasteiger partial charge in [0.1, 0.15) is 0 Å². The summed E-state index contributed by atoms with van der Waals surface area (Å²) in [6.07, 6.45) is 0. The molecule has 0 amide bonds. The molecular formula is C5H9NO2S3. The first-order valence-electron chi connectivity index (χ1n) is 3.15. The van der Waals surface area contributed by atoms with E-state index in [0.29, 0.717) is 6.61 Å². The molecule has 64 valence electrons. The van der Waals surface area contributed by atoms with Gasteiger partial charge in [0.2, 0.25) is 0 Å². The summed E-state index contributed by atoms with van der Waals surface area (Å²) in [7, 11) is 6.59. The fourth-order valence-corrected chi connectivity index (χ4v) is 5.17. The minimum atomic E-state index is -0.141. The summed E-state index contributed by atoms with van der Waals surface area (Å²) in [4.78, 5) is 11.1. The average molecular weight is 211 g/mol. The molecule has 1 unspecified atom stereocenters. The summed E-state index contributed by atoms with van der Waals surface area (Å²) in [5.41, 5.74) is 0. The standard InChI is InChI=1S/C5H9NO2S3/c1-3-8-5(7)4-6(2)10-11-9-4/h4H,3H2,1-2H3. The quantitative estimate of drug-likeness (QED) is 0.393. The molecule has 0 aromatic carbocycles. The van der Waals surface area contributed by atoms with Crippen molar-refractivity contribution < 1.29 is 9.53 Å². The monoisotopic (exact) mass is 211 g/mol. The lowest BCUT2D eigenvalue weighted by molar-refractivity contribution is -0.144. The Labute approximate surface area is 77.5 Å². The van der Waals surface area contributed by atoms with E-state index in [0.717, 1.165) is 0 Å². The minimum absolute atomic E-state index is 0.134. The molecule has 0 radical (unpaired) electrons. The summed E-state index contributed by atoms with van der Waals surface area (Å²) >= 11 is 0. The first-order chi connectivity index (χ1) is 5.25. The Bertz CT molecular complexity index is 155. The van der Waals surface area contributed by atoms with Crippen molar-refractivity contribution in [3.05, 3.63) is 0 Å². The van der Waals surface area contributed by atoms with Crippen molar-refractivity contribution in [2.45, 2.75) is 12.3 Å². The predicted octanol–water partition coefficient (Wildman–Crippen LogP) is 1.77. The van der Waals surface area contributed by atoms with Gasteiger partial charge in [0.15, 0.2) is 5.37 Å². The molecule has 0 bridgehead atoms. The van der Waals surface area contributed by atoms with E-state index < -0.39 is 0 Å². The Morgan fingerprint density at radius 2 is 2.45 bits per heavy atom. The highest BCUT2D eigenvalue weighted by molar-refractivity contribution is 9.10. The topological polar surface area (TPSA) is 29.5 Å². The van der Waals surface area contributed by atoms with Gasteiger partial charge in [0.05, 0.1) is 6.61 Å². The summed E-state index contributed by atoms with van der Waals surface area (Å²) in [5, 5.41) is -0.134. The minimum Gasteiger partial charge on any atom is -0.464 e. The van der Waals surface area contributed by atoms with Crippen LogP contribution in [0.25, 0.3) is 0 Å². The van der Waals surface area contributed by atoms with Crippen LogP contribution in [0.2, 0.25) is 0 Å². The third kappa shape index (κ3) is 2.47. The highest BCUT2D eigenvalue weighted by Crippen LogP contribution is 2.49. The third-order valence-corrected chi connectivity index (χ3v) is 5.43. The van der Waals surface area contributed by atoms with Crippen molar-refractivity contribution >= 4 is 37.6 Å². The van der Waals surface area contributed by atoms with E-state index in [1.165, 1.54) is 10.8 Å². The Kier molecular flexibility index (Phi) is 3.91. The van der Waals surface area contributed by atoms with Crippen LogP contribution in [0, 0.1) is 0 Å². The van der Waals surface area contributed by atoms with Gasteiger partial charge in [-0.3, -0.25) is 0 Å². The first-order valence-corrected chi connectivity index (χ1v) is 6.65. The zero-order valence-corrected chi connectivity index (χ0v) is 8.72. The highest BCUT2D eigenvalue weighted by Gasteiger charge is 2.31. The van der Waals surface area contributed by atoms with Crippen LogP contribution in [0.3, 0.4) is 0 Å². The van der Waals surface area contributed by atoms with Gasteiger partial charge in [0, 0.05) is 18.0 Å². The summed E-state index contributed by atoms with van der Waals surface area (Å²) < 4.78 is 6.76. The molecule has 1 heterocycles. The Hall–Kier alpha value is 0.480. The Morgan fingerprint density at radius 1 is 1.73 bits per heavy atom. The maximum atomic E-state index is 11.1. The first kappa shape index (κ1) is 9.57. The molecular weight excluding hydrogens is 202 g/mol. The van der Waals surface area contributed by atoms with Gasteiger partial charge in [0.25, 0.3) is 0 Å². The van der Waals surface area contributed by atoms with E-state index in [9.17, 15) is 4.79 Å². The van der Waals surface area contributed by atoms with E-state index in [1.54, 1.807) is 20.8 Å². The molecule has 3 nitrogen and oxygen atoms in total. The Morgan fingerprint density at radius 3 is 2.91 bits per heavy atom. The van der Waals surface area contributed by atoms with E-state index in [4.69, 9.17) is 4.74 Å². The number of carbonyl (C=O) groups is 1. The molecule has 11 heavy (non-hydrogen) atoms. The Balaban J connectivity index is 2.39. The summed E-state index contributed by atoms with van der Waals surface area (Å²) in [5.74, 6) is -0.141. The van der Waals surface area contributed by atoms with E-state index in [2.05, 4.69) is 0 Å². The molecule has 0 saturated carbocycles. The van der Waals surface area contributed by atoms with Gasteiger partial charge in [-0.15, -0.1) is 0 Å². The van der Waals surface area contributed by atoms with Gasteiger partial charge in [-0.05, 0) is 27.5 Å². The molecule has 0 aromatic heterocycles. The molecule has 1 rings (SSSR count). The fraction of sp³-hybridized carbons (Fsp3) is 0.800. The van der Waals surface area contributed by atoms with E-state index in [1.807, 2.05) is 18.3 Å². The van der Waals surface area contributed by atoms with Gasteiger partial charge in [-0.25, -0.2) is 9.10 Å². The van der Waals surface area contributed by atoms with Crippen molar-refractivity contribution in [2.24, 2.45) is 0 Å². The van der Waals surface area contributed by atoms with Crippen molar-refractivity contribution in [1.29, 1.82) is 0 Å². The molecule has 0 N–H and O–H groups in total. The van der Waals surface area contributed by atoms with Crippen LogP contribution in [0.4, 0.5) is 0 Å². The number of carbonyl (C=O) groups excluding carboxylic acids is 1. The van der Waals surface area contributed by atoms with Crippen LogP contribution in [0.5, 0.6) is 0 Å². The summed E-state index contributed by atoms with van der Waals surface area (Å²) in [6.45, 7) is 2.27. The predicted molar refractivity (Wildman–Crippen MR) is 51.0 cm³/mol. The number of likely N-dealkylation sites (N-methyl/N-ethyl adjacent to an activating group) is 1. The van der Waals surface area contributed by atoms with Crippen molar-refractivity contribution in [2.75, 3.05) is 13.7 Å². The number of esters is 1. The number of rotatable bonds is 2. The maximum absolute atomic E-state index is 11.1. The molecule has 0 aromatic rings. The largest absolute Gasteiger partial charge is 0.464 e. The van der Waals surface area contributed by atoms with Gasteiger partial charge >= 0.3 is 5.97 Å². The number of hydrogen-bond acceptors (Lipinski definition) is 6. The van der Waals surface area contributed by atoms with Crippen molar-refractivity contribution in [3.63, 3.8) is 0 Å². The molecule has 6 heteroatoms. The molecule has 1 saturated heterocycles. The lowest BCUT2D eigenvalue weighted by atomic mass is 10.6. The van der Waals surface area contributed by atoms with Gasteiger partial charge in [-0.2, -0.15) is 0 Å². The average Bonchev–Trinajstić information content (AvgIpc) is 2.36. The lowest BCUT2D eigenvalue weighted by Crippen LogP contribution is -2.28. The van der Waals surface area contributed by atoms with Crippen LogP contribution in [0.15, 0.2) is 0 Å². The molecule has 1 fully saturated rings. The van der Waals surface area contributed by atoms with Crippen LogP contribution in [-0.2, 0) is 9.53 Å². The van der Waals surface area contributed by atoms with Crippen LogP contribution >= 0.6 is 31.6 Å². The van der Waals surface area contributed by atoms with E-state index >= 15 is 0 Å². The maximum Gasteiger partial charge on any atom is 0.335 e. The molecule has 1 atom stereocenters. The second-order valence-corrected chi connectivity index (χ2v) is 6.05. The molecule has 1 aliphatic rings. The van der Waals surface area contributed by atoms with Crippen LogP contribution in [-0.4, -0.2) is 29.3 Å². The lowest BCUT2D eigenvalue weighted by Gasteiger charge is -2.12. The second kappa shape index (κ2) is 4.49. The van der Waals surface area contributed by atoms with Crippen LogP contribution < -0.4 is 0 Å². The third-order valence-electron chi connectivity index (χ3n) is 1.10. The SMILES string of the molecule is CCOC(=O)C1SSSN1C. The fourth-order valence-electron chi connectivity index (χ4n) is 0.604. The zero-order valence-electron chi connectivity index (χ0n) is 6.27.